The monoisotopic (exact) mass is 353 g/mol. The van der Waals surface area contributed by atoms with Gasteiger partial charge in [-0.2, -0.15) is 0 Å². The number of benzene rings is 2. The minimum Gasteiger partial charge on any atom is -0.507 e. The Bertz CT molecular complexity index is 834. The maximum absolute atomic E-state index is 10.6. The number of ether oxygens (including phenoxy) is 1. The van der Waals surface area contributed by atoms with E-state index in [1.54, 1.807) is 17.8 Å². The maximum atomic E-state index is 10.6. The molecule has 4 rings (SSSR count). The number of phenolic OH excluding ortho intramolecular Hbond substituents is 1. The molecule has 2 aliphatic rings. The van der Waals surface area contributed by atoms with E-state index >= 15 is 0 Å². The predicted molar refractivity (Wildman–Crippen MR) is 103 cm³/mol. The van der Waals surface area contributed by atoms with Gasteiger partial charge in [0.15, 0.2) is 0 Å². The molecule has 0 aromatic heterocycles. The molecule has 0 atom stereocenters. The fourth-order valence-electron chi connectivity index (χ4n) is 3.66. The lowest BCUT2D eigenvalue weighted by Gasteiger charge is -2.30. The first-order valence-corrected chi connectivity index (χ1v) is 9.67. The third-order valence-corrected chi connectivity index (χ3v) is 6.07. The first-order valence-electron chi connectivity index (χ1n) is 8.85. The van der Waals surface area contributed by atoms with Gasteiger partial charge in [-0.05, 0) is 68.3 Å². The molecule has 0 amide bonds. The molecule has 25 heavy (non-hydrogen) atoms. The molecule has 130 valence electrons. The summed E-state index contributed by atoms with van der Waals surface area (Å²) in [7, 11) is 2.17. The SMILES string of the molecule is CCOc1ccc2c(c1)Sc1cccc(O)c1C2=C1CCN(C)CC1. The first kappa shape index (κ1) is 16.6. The number of phenols is 1. The van der Waals surface area contributed by atoms with Crippen molar-refractivity contribution in [3.63, 3.8) is 0 Å². The van der Waals surface area contributed by atoms with Gasteiger partial charge in [-0.1, -0.05) is 23.4 Å². The third-order valence-electron chi connectivity index (χ3n) is 4.95. The number of piperidine rings is 1. The molecule has 2 aliphatic heterocycles. The van der Waals surface area contributed by atoms with Crippen molar-refractivity contribution in [2.45, 2.75) is 29.6 Å². The van der Waals surface area contributed by atoms with Gasteiger partial charge in [-0.3, -0.25) is 0 Å². The normalized spacial score (nSPS) is 17.2. The van der Waals surface area contributed by atoms with E-state index in [-0.39, 0.29) is 0 Å². The van der Waals surface area contributed by atoms with E-state index in [1.807, 2.05) is 19.1 Å². The summed E-state index contributed by atoms with van der Waals surface area (Å²) >= 11 is 1.72. The minimum absolute atomic E-state index is 0.381. The summed E-state index contributed by atoms with van der Waals surface area (Å²) in [4.78, 5) is 4.71. The number of nitrogens with zero attached hydrogens (tertiary/aromatic N) is 1. The van der Waals surface area contributed by atoms with Gasteiger partial charge in [-0.25, -0.2) is 0 Å². The molecule has 1 fully saturated rings. The van der Waals surface area contributed by atoms with Crippen LogP contribution in [-0.2, 0) is 0 Å². The quantitative estimate of drug-likeness (QED) is 0.718. The van der Waals surface area contributed by atoms with E-state index < -0.39 is 0 Å². The Labute approximate surface area is 153 Å². The van der Waals surface area contributed by atoms with Gasteiger partial charge in [0.2, 0.25) is 0 Å². The smallest absolute Gasteiger partial charge is 0.124 e. The average Bonchev–Trinajstić information content (AvgIpc) is 2.61. The second-order valence-electron chi connectivity index (χ2n) is 6.63. The van der Waals surface area contributed by atoms with Crippen LogP contribution in [0, 0.1) is 0 Å². The van der Waals surface area contributed by atoms with Gasteiger partial charge in [0.1, 0.15) is 11.5 Å². The number of likely N-dealkylation sites (tertiary alicyclic amines) is 1. The molecular weight excluding hydrogens is 330 g/mol. The second kappa shape index (κ2) is 6.77. The van der Waals surface area contributed by atoms with E-state index in [1.165, 1.54) is 21.6 Å². The second-order valence-corrected chi connectivity index (χ2v) is 7.71. The summed E-state index contributed by atoms with van der Waals surface area (Å²) in [6, 6.07) is 12.2. The lowest BCUT2D eigenvalue weighted by atomic mass is 9.87. The lowest BCUT2D eigenvalue weighted by molar-refractivity contribution is 0.313. The van der Waals surface area contributed by atoms with E-state index in [9.17, 15) is 5.11 Å². The van der Waals surface area contributed by atoms with Crippen molar-refractivity contribution in [3.05, 3.63) is 53.1 Å². The van der Waals surface area contributed by atoms with Crippen molar-refractivity contribution in [3.8, 4) is 11.5 Å². The molecule has 0 unspecified atom stereocenters. The number of fused-ring (bicyclic) bond motifs is 2. The highest BCUT2D eigenvalue weighted by Gasteiger charge is 2.27. The highest BCUT2D eigenvalue weighted by atomic mass is 32.2. The molecule has 4 heteroatoms. The molecule has 3 nitrogen and oxygen atoms in total. The zero-order chi connectivity index (χ0) is 17.4. The van der Waals surface area contributed by atoms with Crippen LogP contribution in [-0.4, -0.2) is 36.8 Å². The van der Waals surface area contributed by atoms with Gasteiger partial charge < -0.3 is 14.7 Å². The highest BCUT2D eigenvalue weighted by Crippen LogP contribution is 2.51. The summed E-state index contributed by atoms with van der Waals surface area (Å²) in [6.45, 7) is 4.81. The number of aromatic hydroxyl groups is 1. The van der Waals surface area contributed by atoms with Gasteiger partial charge in [0.25, 0.3) is 0 Å². The first-order chi connectivity index (χ1) is 12.2. The fraction of sp³-hybridized carbons (Fsp3) is 0.333. The Morgan fingerprint density at radius 1 is 1.12 bits per heavy atom. The van der Waals surface area contributed by atoms with Gasteiger partial charge in [-0.15, -0.1) is 0 Å². The van der Waals surface area contributed by atoms with Crippen LogP contribution < -0.4 is 4.74 Å². The predicted octanol–water partition coefficient (Wildman–Crippen LogP) is 4.78. The summed E-state index contributed by atoms with van der Waals surface area (Å²) in [6.07, 6.45) is 2.11. The van der Waals surface area contributed by atoms with Gasteiger partial charge >= 0.3 is 0 Å². The van der Waals surface area contributed by atoms with Crippen LogP contribution >= 0.6 is 11.8 Å². The molecule has 1 N–H and O–H groups in total. The summed E-state index contributed by atoms with van der Waals surface area (Å²) in [5, 5.41) is 10.6. The van der Waals surface area contributed by atoms with Crippen LogP contribution in [0.3, 0.4) is 0 Å². The molecule has 0 aliphatic carbocycles. The van der Waals surface area contributed by atoms with Crippen molar-refractivity contribution in [2.75, 3.05) is 26.7 Å². The molecule has 2 aromatic carbocycles. The Morgan fingerprint density at radius 3 is 2.68 bits per heavy atom. The Hall–Kier alpha value is -1.91. The van der Waals surface area contributed by atoms with Gasteiger partial charge in [0.05, 0.1) is 6.61 Å². The van der Waals surface area contributed by atoms with Crippen molar-refractivity contribution >= 4 is 17.3 Å². The fourth-order valence-corrected chi connectivity index (χ4v) is 4.81. The Kier molecular flexibility index (Phi) is 4.48. The molecular formula is C21H23NO2S. The topological polar surface area (TPSA) is 32.7 Å². The van der Waals surface area contributed by atoms with Crippen LogP contribution in [0.15, 0.2) is 51.8 Å². The standard InChI is InChI=1S/C21H23NO2S/c1-3-24-15-7-8-16-19(13-15)25-18-6-4-5-17(23)21(18)20(16)14-9-11-22(2)12-10-14/h4-8,13,23H,3,9-12H2,1-2H3. The lowest BCUT2D eigenvalue weighted by Crippen LogP contribution is -2.27. The van der Waals surface area contributed by atoms with Gasteiger partial charge in [0, 0.05) is 28.4 Å². The summed E-state index contributed by atoms with van der Waals surface area (Å²) in [5.41, 5.74) is 4.91. The molecule has 0 bridgehead atoms. The zero-order valence-corrected chi connectivity index (χ0v) is 15.5. The van der Waals surface area contributed by atoms with Crippen LogP contribution in [0.5, 0.6) is 11.5 Å². The molecule has 0 spiro atoms. The van der Waals surface area contributed by atoms with Crippen molar-refractivity contribution < 1.29 is 9.84 Å². The van der Waals surface area contributed by atoms with Crippen LogP contribution in [0.25, 0.3) is 5.57 Å². The molecule has 1 saturated heterocycles. The van der Waals surface area contributed by atoms with Crippen molar-refractivity contribution in [1.82, 2.24) is 4.90 Å². The van der Waals surface area contributed by atoms with Crippen LogP contribution in [0.2, 0.25) is 0 Å². The molecule has 2 aromatic rings. The maximum Gasteiger partial charge on any atom is 0.124 e. The summed E-state index contributed by atoms with van der Waals surface area (Å²) < 4.78 is 5.69. The van der Waals surface area contributed by atoms with E-state index in [2.05, 4.69) is 30.1 Å². The highest BCUT2D eigenvalue weighted by molar-refractivity contribution is 7.99. The van der Waals surface area contributed by atoms with Crippen LogP contribution in [0.4, 0.5) is 0 Å². The number of hydrogen-bond donors (Lipinski definition) is 1. The zero-order valence-electron chi connectivity index (χ0n) is 14.7. The summed E-state index contributed by atoms with van der Waals surface area (Å²) in [5.74, 6) is 1.29. The van der Waals surface area contributed by atoms with E-state index in [0.29, 0.717) is 12.4 Å². The number of hydrogen-bond acceptors (Lipinski definition) is 4. The number of rotatable bonds is 2. The van der Waals surface area contributed by atoms with Crippen molar-refractivity contribution in [2.24, 2.45) is 0 Å². The molecule has 0 radical (unpaired) electrons. The largest absolute Gasteiger partial charge is 0.507 e. The minimum atomic E-state index is 0.381. The van der Waals surface area contributed by atoms with E-state index in [4.69, 9.17) is 4.74 Å². The third kappa shape index (κ3) is 3.05. The Balaban J connectivity index is 1.89. The molecule has 2 heterocycles. The van der Waals surface area contributed by atoms with Crippen LogP contribution in [0.1, 0.15) is 30.9 Å². The molecule has 0 saturated carbocycles. The average molecular weight is 353 g/mol. The van der Waals surface area contributed by atoms with Crippen molar-refractivity contribution in [1.29, 1.82) is 0 Å². The van der Waals surface area contributed by atoms with E-state index in [0.717, 1.165) is 42.1 Å². The Morgan fingerprint density at radius 2 is 1.92 bits per heavy atom.